The van der Waals surface area contributed by atoms with E-state index in [1.54, 1.807) is 0 Å². The number of halogens is 1. The van der Waals surface area contributed by atoms with Gasteiger partial charge in [0.05, 0.1) is 5.56 Å². The highest BCUT2D eigenvalue weighted by Crippen LogP contribution is 2.22. The van der Waals surface area contributed by atoms with Crippen molar-refractivity contribution in [2.24, 2.45) is 0 Å². The Bertz CT molecular complexity index is 821. The highest BCUT2D eigenvalue weighted by Gasteiger charge is 2.12. The Morgan fingerprint density at radius 1 is 0.447 bits per heavy atom. The predicted octanol–water partition coefficient (Wildman–Crippen LogP) is 14.3. The van der Waals surface area contributed by atoms with E-state index < -0.39 is 0 Å². The molecule has 0 fully saturated rings. The SMILES string of the molecule is CCCCCCCCCCCCCCCCCCNc1nc(Cl)c(C=O)c(NCCCCCCCCCCCCCCCCCC)n1. The highest BCUT2D eigenvalue weighted by atomic mass is 35.5. The van der Waals surface area contributed by atoms with E-state index in [0.29, 0.717) is 17.3 Å². The number of rotatable bonds is 37. The summed E-state index contributed by atoms with van der Waals surface area (Å²) in [5, 5.41) is 6.89. The molecule has 2 N–H and O–H groups in total. The topological polar surface area (TPSA) is 66.9 Å². The van der Waals surface area contributed by atoms with Gasteiger partial charge in [0.15, 0.2) is 6.29 Å². The molecule has 0 amide bonds. The molecule has 0 unspecified atom stereocenters. The van der Waals surface area contributed by atoms with Crippen molar-refractivity contribution in [1.82, 2.24) is 9.97 Å². The first kappa shape index (κ1) is 43.7. The van der Waals surface area contributed by atoms with Crippen LogP contribution in [0.15, 0.2) is 0 Å². The third-order valence-corrected chi connectivity index (χ3v) is 9.94. The Labute approximate surface area is 297 Å². The number of hydrogen-bond donors (Lipinski definition) is 2. The van der Waals surface area contributed by atoms with Gasteiger partial charge < -0.3 is 10.6 Å². The normalized spacial score (nSPS) is 11.3. The Morgan fingerprint density at radius 3 is 1.06 bits per heavy atom. The van der Waals surface area contributed by atoms with Gasteiger partial charge in [0, 0.05) is 13.1 Å². The molecule has 0 atom stereocenters. The van der Waals surface area contributed by atoms with Crippen molar-refractivity contribution < 1.29 is 4.79 Å². The first-order valence-corrected chi connectivity index (χ1v) is 21.1. The average molecular weight is 678 g/mol. The standard InChI is InChI=1S/C41H77ClN4O/c1-3-5-7-9-11-13-15-17-19-21-23-25-27-29-31-33-35-43-40-38(37-47)39(42)45-41(46-40)44-36-34-32-30-28-26-24-22-20-18-16-14-12-10-8-6-4-2/h37H,3-36H2,1-2H3,(H2,43,44,45,46). The summed E-state index contributed by atoms with van der Waals surface area (Å²) in [6.07, 6.45) is 44.4. The van der Waals surface area contributed by atoms with Crippen molar-refractivity contribution in [2.75, 3.05) is 23.7 Å². The predicted molar refractivity (Wildman–Crippen MR) is 209 cm³/mol. The number of aromatic nitrogens is 2. The van der Waals surface area contributed by atoms with Gasteiger partial charge in [-0.2, -0.15) is 4.98 Å². The Hall–Kier alpha value is -1.36. The second-order valence-corrected chi connectivity index (χ2v) is 14.5. The van der Waals surface area contributed by atoms with Crippen molar-refractivity contribution in [3.05, 3.63) is 10.7 Å². The number of hydrogen-bond acceptors (Lipinski definition) is 5. The zero-order valence-electron chi connectivity index (χ0n) is 31.3. The van der Waals surface area contributed by atoms with Crippen molar-refractivity contribution in [3.8, 4) is 0 Å². The molecule has 1 rings (SSSR count). The number of unbranched alkanes of at least 4 members (excludes halogenated alkanes) is 30. The second-order valence-electron chi connectivity index (χ2n) is 14.2. The van der Waals surface area contributed by atoms with E-state index in [9.17, 15) is 4.79 Å². The largest absolute Gasteiger partial charge is 0.369 e. The molecule has 0 aromatic carbocycles. The summed E-state index contributed by atoms with van der Waals surface area (Å²) in [5.41, 5.74) is 0.358. The number of aldehydes is 1. The minimum Gasteiger partial charge on any atom is -0.369 e. The lowest BCUT2D eigenvalue weighted by Gasteiger charge is -2.12. The maximum atomic E-state index is 11.6. The number of anilines is 2. The smallest absolute Gasteiger partial charge is 0.226 e. The zero-order chi connectivity index (χ0) is 33.9. The van der Waals surface area contributed by atoms with E-state index in [4.69, 9.17) is 11.6 Å². The molecular weight excluding hydrogens is 600 g/mol. The van der Waals surface area contributed by atoms with Crippen LogP contribution in [-0.2, 0) is 0 Å². The van der Waals surface area contributed by atoms with Crippen LogP contribution in [0, 0.1) is 0 Å². The van der Waals surface area contributed by atoms with E-state index in [1.165, 1.54) is 193 Å². The number of nitrogens with zero attached hydrogens (tertiary/aromatic N) is 2. The molecule has 6 heteroatoms. The maximum absolute atomic E-state index is 11.6. The van der Waals surface area contributed by atoms with Crippen LogP contribution >= 0.6 is 11.6 Å². The molecule has 1 aromatic heterocycles. The van der Waals surface area contributed by atoms with Crippen LogP contribution in [0.2, 0.25) is 5.15 Å². The Balaban J connectivity index is 2.01. The van der Waals surface area contributed by atoms with Crippen molar-refractivity contribution in [3.63, 3.8) is 0 Å². The number of carbonyl (C=O) groups excluding carboxylic acids is 1. The molecule has 0 saturated carbocycles. The zero-order valence-corrected chi connectivity index (χ0v) is 32.1. The summed E-state index contributed by atoms with van der Waals surface area (Å²) in [5.74, 6) is 1.06. The fourth-order valence-corrected chi connectivity index (χ4v) is 6.73. The Morgan fingerprint density at radius 2 is 0.745 bits per heavy atom. The highest BCUT2D eigenvalue weighted by molar-refractivity contribution is 6.32. The molecule has 0 aliphatic carbocycles. The molecule has 1 heterocycles. The van der Waals surface area contributed by atoms with E-state index in [0.717, 1.165) is 32.2 Å². The van der Waals surface area contributed by atoms with Gasteiger partial charge in [0.2, 0.25) is 5.95 Å². The summed E-state index contributed by atoms with van der Waals surface area (Å²) in [6, 6.07) is 0. The van der Waals surface area contributed by atoms with E-state index in [-0.39, 0.29) is 5.15 Å². The minimum absolute atomic E-state index is 0.221. The lowest BCUT2D eigenvalue weighted by atomic mass is 10.0. The fourth-order valence-electron chi connectivity index (χ4n) is 6.51. The molecule has 0 radical (unpaired) electrons. The van der Waals surface area contributed by atoms with Crippen LogP contribution in [0.4, 0.5) is 11.8 Å². The molecule has 47 heavy (non-hydrogen) atoms. The third kappa shape index (κ3) is 27.2. The maximum Gasteiger partial charge on any atom is 0.226 e. The molecular formula is C41H77ClN4O. The van der Waals surface area contributed by atoms with Crippen LogP contribution < -0.4 is 10.6 Å². The molecule has 274 valence electrons. The summed E-state index contributed by atoms with van der Waals surface area (Å²) in [6.45, 7) is 6.20. The van der Waals surface area contributed by atoms with Gasteiger partial charge in [-0.05, 0) is 12.8 Å². The first-order chi connectivity index (χ1) is 23.2. The second kappa shape index (κ2) is 34.5. The van der Waals surface area contributed by atoms with Crippen LogP contribution in [0.5, 0.6) is 0 Å². The third-order valence-electron chi connectivity index (χ3n) is 9.65. The monoisotopic (exact) mass is 677 g/mol. The van der Waals surface area contributed by atoms with Gasteiger partial charge in [-0.25, -0.2) is 4.98 Å². The van der Waals surface area contributed by atoms with Gasteiger partial charge in [-0.15, -0.1) is 0 Å². The number of carbonyl (C=O) groups is 1. The summed E-state index contributed by atoms with van der Waals surface area (Å²) in [7, 11) is 0. The molecule has 0 spiro atoms. The van der Waals surface area contributed by atoms with Crippen molar-refractivity contribution in [1.29, 1.82) is 0 Å². The lowest BCUT2D eigenvalue weighted by molar-refractivity contribution is 0.112. The van der Waals surface area contributed by atoms with Crippen LogP contribution in [0.1, 0.15) is 230 Å². The van der Waals surface area contributed by atoms with Crippen molar-refractivity contribution in [2.45, 2.75) is 219 Å². The van der Waals surface area contributed by atoms with Gasteiger partial charge in [0.1, 0.15) is 11.0 Å². The lowest BCUT2D eigenvalue weighted by Crippen LogP contribution is -2.12. The average Bonchev–Trinajstić information content (AvgIpc) is 3.07. The van der Waals surface area contributed by atoms with Gasteiger partial charge in [0.25, 0.3) is 0 Å². The van der Waals surface area contributed by atoms with Gasteiger partial charge in [-0.1, -0.05) is 218 Å². The van der Waals surface area contributed by atoms with Crippen LogP contribution in [0.25, 0.3) is 0 Å². The van der Waals surface area contributed by atoms with Crippen LogP contribution in [-0.4, -0.2) is 29.3 Å². The molecule has 1 aromatic rings. The van der Waals surface area contributed by atoms with Crippen LogP contribution in [0.3, 0.4) is 0 Å². The quantitative estimate of drug-likeness (QED) is 0.0417. The Kier molecular flexibility index (Phi) is 32.1. The molecule has 0 aliphatic rings. The van der Waals surface area contributed by atoms with E-state index in [1.807, 2.05) is 0 Å². The molecule has 0 aliphatic heterocycles. The van der Waals surface area contributed by atoms with Gasteiger partial charge >= 0.3 is 0 Å². The summed E-state index contributed by atoms with van der Waals surface area (Å²) >= 11 is 6.34. The number of nitrogens with one attached hydrogen (secondary N) is 2. The van der Waals surface area contributed by atoms with Crippen molar-refractivity contribution >= 4 is 29.7 Å². The molecule has 5 nitrogen and oxygen atoms in total. The molecule has 0 bridgehead atoms. The van der Waals surface area contributed by atoms with Gasteiger partial charge in [-0.3, -0.25) is 4.79 Å². The summed E-state index contributed by atoms with van der Waals surface area (Å²) < 4.78 is 0. The minimum atomic E-state index is 0.221. The molecule has 0 saturated heterocycles. The summed E-state index contributed by atoms with van der Waals surface area (Å²) in [4.78, 5) is 20.5. The van der Waals surface area contributed by atoms with E-state index >= 15 is 0 Å². The fraction of sp³-hybridized carbons (Fsp3) is 0.878. The first-order valence-electron chi connectivity index (χ1n) is 20.7. The van der Waals surface area contributed by atoms with E-state index in [2.05, 4.69) is 34.4 Å².